The van der Waals surface area contributed by atoms with Gasteiger partial charge in [-0.15, -0.1) is 0 Å². The number of nitro groups is 1. The fraction of sp³-hybridized carbons (Fsp3) is 0.267. The number of halogens is 1. The van der Waals surface area contributed by atoms with Crippen molar-refractivity contribution < 1.29 is 13.3 Å². The Kier molecular flexibility index (Phi) is 5.12. The fourth-order valence-electron chi connectivity index (χ4n) is 2.92. The maximum Gasteiger partial charge on any atom is 0.312 e. The Morgan fingerprint density at radius 3 is 2.38 bits per heavy atom. The van der Waals surface area contributed by atoms with Gasteiger partial charge in [-0.3, -0.25) is 10.1 Å². The average Bonchev–Trinajstić information content (AvgIpc) is 2.61. The van der Waals surface area contributed by atoms with Crippen LogP contribution in [0.4, 0.5) is 17.2 Å². The number of nitrogens with two attached hydrogens (primary N) is 1. The van der Waals surface area contributed by atoms with Crippen LogP contribution in [0.15, 0.2) is 45.9 Å². The number of rotatable bonds is 4. The van der Waals surface area contributed by atoms with Crippen molar-refractivity contribution in [3.8, 4) is 0 Å². The normalized spacial score (nSPS) is 15.2. The van der Waals surface area contributed by atoms with Crippen molar-refractivity contribution in [2.45, 2.75) is 4.90 Å². The summed E-state index contributed by atoms with van der Waals surface area (Å²) in [7, 11) is -3.83. The van der Waals surface area contributed by atoms with E-state index in [-0.39, 0.29) is 10.6 Å². The van der Waals surface area contributed by atoms with Gasteiger partial charge >= 0.3 is 5.69 Å². The second kappa shape index (κ2) is 7.17. The van der Waals surface area contributed by atoms with E-state index in [1.54, 1.807) is 18.2 Å². The number of hydrogen-bond acceptors (Lipinski definition) is 7. The van der Waals surface area contributed by atoms with Crippen LogP contribution in [-0.2, 0) is 10.0 Å². The number of hydrogen-bond donors (Lipinski definition) is 1. The van der Waals surface area contributed by atoms with Crippen LogP contribution in [-0.4, -0.2) is 44.5 Å². The minimum Gasteiger partial charge on any atom is -0.367 e. The van der Waals surface area contributed by atoms with Gasteiger partial charge in [0.25, 0.3) is 0 Å². The molecule has 26 heavy (non-hydrogen) atoms. The summed E-state index contributed by atoms with van der Waals surface area (Å²) in [6.07, 6.45) is 1.52. The first-order valence-corrected chi connectivity index (χ1v) is 10.0. The fourth-order valence-corrected chi connectivity index (χ4v) is 3.99. The third-order valence-corrected chi connectivity index (χ3v) is 5.49. The van der Waals surface area contributed by atoms with Crippen LogP contribution >= 0.6 is 15.9 Å². The molecule has 0 bridgehead atoms. The molecule has 0 saturated carbocycles. The molecule has 11 heteroatoms. The second-order valence-electron chi connectivity index (χ2n) is 5.74. The summed E-state index contributed by atoms with van der Waals surface area (Å²) in [5.41, 5.74) is 0.464. The Labute approximate surface area is 158 Å². The van der Waals surface area contributed by atoms with Crippen molar-refractivity contribution in [3.05, 3.63) is 51.1 Å². The molecule has 1 aromatic carbocycles. The summed E-state index contributed by atoms with van der Waals surface area (Å²) < 4.78 is 24.1. The number of sulfonamides is 1. The predicted molar refractivity (Wildman–Crippen MR) is 101 cm³/mol. The zero-order valence-electron chi connectivity index (χ0n) is 13.6. The van der Waals surface area contributed by atoms with Crippen LogP contribution in [0.3, 0.4) is 0 Å². The molecular formula is C15H16BrN5O4S. The van der Waals surface area contributed by atoms with E-state index in [4.69, 9.17) is 5.14 Å². The van der Waals surface area contributed by atoms with E-state index in [1.807, 2.05) is 9.80 Å². The molecule has 0 spiro atoms. The summed E-state index contributed by atoms with van der Waals surface area (Å²) in [6, 6.07) is 7.96. The summed E-state index contributed by atoms with van der Waals surface area (Å²) in [4.78, 5) is 18.8. The molecule has 1 saturated heterocycles. The van der Waals surface area contributed by atoms with Gasteiger partial charge in [0.15, 0.2) is 0 Å². The largest absolute Gasteiger partial charge is 0.367 e. The Morgan fingerprint density at radius 1 is 1.15 bits per heavy atom. The summed E-state index contributed by atoms with van der Waals surface area (Å²) >= 11 is 3.19. The number of para-hydroxylation sites is 1. The number of pyridine rings is 1. The lowest BCUT2D eigenvalue weighted by Crippen LogP contribution is -2.47. The molecule has 0 atom stereocenters. The van der Waals surface area contributed by atoms with Crippen molar-refractivity contribution in [2.24, 2.45) is 5.14 Å². The van der Waals surface area contributed by atoms with Gasteiger partial charge in [0.05, 0.1) is 10.6 Å². The molecule has 1 fully saturated rings. The molecule has 0 radical (unpaired) electrons. The SMILES string of the molecule is NS(=O)(=O)c1ccccc1N1CCN(c2ncc(Br)cc2[N+](=O)[O-])CC1. The third-order valence-electron chi connectivity index (χ3n) is 4.10. The zero-order valence-corrected chi connectivity index (χ0v) is 16.0. The lowest BCUT2D eigenvalue weighted by Gasteiger charge is -2.37. The molecule has 0 amide bonds. The maximum atomic E-state index is 11.8. The predicted octanol–water partition coefficient (Wildman–Crippen LogP) is 1.73. The van der Waals surface area contributed by atoms with Crippen molar-refractivity contribution in [1.29, 1.82) is 0 Å². The molecular weight excluding hydrogens is 426 g/mol. The van der Waals surface area contributed by atoms with Crippen molar-refractivity contribution in [2.75, 3.05) is 36.0 Å². The Hall–Kier alpha value is -2.24. The van der Waals surface area contributed by atoms with Gasteiger partial charge < -0.3 is 9.80 Å². The highest BCUT2D eigenvalue weighted by atomic mass is 79.9. The number of benzene rings is 1. The molecule has 3 rings (SSSR count). The number of piperazine rings is 1. The van der Waals surface area contributed by atoms with Crippen LogP contribution in [0.2, 0.25) is 0 Å². The van der Waals surface area contributed by atoms with E-state index in [2.05, 4.69) is 20.9 Å². The summed E-state index contributed by atoms with van der Waals surface area (Å²) in [5.74, 6) is 0.303. The molecule has 0 aliphatic carbocycles. The molecule has 0 unspecified atom stereocenters. The van der Waals surface area contributed by atoms with Gasteiger partial charge in [0.2, 0.25) is 15.8 Å². The smallest absolute Gasteiger partial charge is 0.312 e. The second-order valence-corrected chi connectivity index (χ2v) is 8.19. The van der Waals surface area contributed by atoms with E-state index >= 15 is 0 Å². The lowest BCUT2D eigenvalue weighted by atomic mass is 10.2. The van der Waals surface area contributed by atoms with Gasteiger partial charge in [0.1, 0.15) is 4.90 Å². The number of nitrogens with zero attached hydrogens (tertiary/aromatic N) is 4. The first kappa shape index (κ1) is 18.5. The standard InChI is InChI=1S/C15H16BrN5O4S/c16-11-9-13(21(22)23)15(18-10-11)20-7-5-19(6-8-20)12-3-1-2-4-14(12)26(17,24)25/h1-4,9-10H,5-8H2,(H2,17,24,25). The average molecular weight is 442 g/mol. The molecule has 1 aromatic heterocycles. The molecule has 2 N–H and O–H groups in total. The van der Waals surface area contributed by atoms with Gasteiger partial charge in [-0.2, -0.15) is 0 Å². The first-order valence-electron chi connectivity index (χ1n) is 7.69. The molecule has 2 heterocycles. The topological polar surface area (TPSA) is 123 Å². The molecule has 1 aliphatic heterocycles. The van der Waals surface area contributed by atoms with Crippen LogP contribution in [0.1, 0.15) is 0 Å². The monoisotopic (exact) mass is 441 g/mol. The van der Waals surface area contributed by atoms with E-state index in [9.17, 15) is 18.5 Å². The van der Waals surface area contributed by atoms with Crippen LogP contribution < -0.4 is 14.9 Å². The molecule has 2 aromatic rings. The number of anilines is 2. The van der Waals surface area contributed by atoms with Gasteiger partial charge in [0, 0.05) is 42.9 Å². The molecule has 138 valence electrons. The number of aromatic nitrogens is 1. The zero-order chi connectivity index (χ0) is 18.9. The van der Waals surface area contributed by atoms with Gasteiger partial charge in [-0.05, 0) is 28.1 Å². The summed E-state index contributed by atoms with van der Waals surface area (Å²) in [6.45, 7) is 1.91. The van der Waals surface area contributed by atoms with Crippen molar-refractivity contribution in [3.63, 3.8) is 0 Å². The minimum atomic E-state index is -3.83. The number of primary sulfonamides is 1. The molecule has 1 aliphatic rings. The Bertz CT molecular complexity index is 945. The highest BCUT2D eigenvalue weighted by Gasteiger charge is 2.27. The van der Waals surface area contributed by atoms with Gasteiger partial charge in [-0.1, -0.05) is 12.1 Å². The Balaban J connectivity index is 1.83. The molecule has 9 nitrogen and oxygen atoms in total. The van der Waals surface area contributed by atoms with E-state index in [0.29, 0.717) is 42.2 Å². The highest BCUT2D eigenvalue weighted by Crippen LogP contribution is 2.31. The van der Waals surface area contributed by atoms with E-state index in [0.717, 1.165) is 0 Å². The van der Waals surface area contributed by atoms with Crippen LogP contribution in [0, 0.1) is 10.1 Å². The van der Waals surface area contributed by atoms with Gasteiger partial charge in [-0.25, -0.2) is 18.5 Å². The van der Waals surface area contributed by atoms with Crippen molar-refractivity contribution in [1.82, 2.24) is 4.98 Å². The van der Waals surface area contributed by atoms with Crippen LogP contribution in [0.25, 0.3) is 0 Å². The maximum absolute atomic E-state index is 11.8. The lowest BCUT2D eigenvalue weighted by molar-refractivity contribution is -0.384. The van der Waals surface area contributed by atoms with Crippen LogP contribution in [0.5, 0.6) is 0 Å². The third kappa shape index (κ3) is 3.79. The Morgan fingerprint density at radius 2 is 1.77 bits per heavy atom. The first-order chi connectivity index (χ1) is 12.3. The van der Waals surface area contributed by atoms with E-state index < -0.39 is 14.9 Å². The minimum absolute atomic E-state index is 0.0706. The quantitative estimate of drug-likeness (QED) is 0.565. The summed E-state index contributed by atoms with van der Waals surface area (Å²) in [5, 5.41) is 16.6. The van der Waals surface area contributed by atoms with Crippen molar-refractivity contribution >= 4 is 43.1 Å². The highest BCUT2D eigenvalue weighted by molar-refractivity contribution is 9.10. The van der Waals surface area contributed by atoms with E-state index in [1.165, 1.54) is 18.3 Å².